The first-order valence-corrected chi connectivity index (χ1v) is 10.5. The van der Waals surface area contributed by atoms with Crippen molar-refractivity contribution in [2.75, 3.05) is 23.4 Å². The van der Waals surface area contributed by atoms with Gasteiger partial charge in [-0.2, -0.15) is 0 Å². The van der Waals surface area contributed by atoms with E-state index in [9.17, 15) is 14.0 Å². The predicted octanol–water partition coefficient (Wildman–Crippen LogP) is 2.88. The number of cyclic esters (lactones) is 1. The molecule has 2 amide bonds. The van der Waals surface area contributed by atoms with E-state index in [4.69, 9.17) is 4.74 Å². The molecule has 9 nitrogen and oxygen atoms in total. The zero-order valence-corrected chi connectivity index (χ0v) is 17.3. The van der Waals surface area contributed by atoms with Crippen molar-refractivity contribution in [2.24, 2.45) is 0 Å². The molecule has 0 unspecified atom stereocenters. The quantitative estimate of drug-likeness (QED) is 0.754. The third-order valence-corrected chi connectivity index (χ3v) is 5.44. The van der Waals surface area contributed by atoms with Gasteiger partial charge in [0.15, 0.2) is 5.82 Å². The van der Waals surface area contributed by atoms with Gasteiger partial charge < -0.3 is 15.4 Å². The van der Waals surface area contributed by atoms with Crippen molar-refractivity contribution < 1.29 is 18.7 Å². The molecule has 2 aromatic rings. The normalized spacial score (nSPS) is 21.4. The van der Waals surface area contributed by atoms with Gasteiger partial charge in [0, 0.05) is 25.6 Å². The minimum atomic E-state index is -0.592. The van der Waals surface area contributed by atoms with Crippen molar-refractivity contribution in [3.05, 3.63) is 30.2 Å². The molecule has 31 heavy (non-hydrogen) atoms. The van der Waals surface area contributed by atoms with Gasteiger partial charge >= 0.3 is 6.09 Å². The second kappa shape index (κ2) is 9.23. The highest BCUT2D eigenvalue weighted by atomic mass is 19.1. The Labute approximate surface area is 179 Å². The highest BCUT2D eigenvalue weighted by Gasteiger charge is 2.24. The van der Waals surface area contributed by atoms with Crippen LogP contribution in [0, 0.1) is 5.82 Å². The molecule has 0 aromatic carbocycles. The fraction of sp³-hybridized carbons (Fsp3) is 0.476. The number of nitrogens with one attached hydrogen (secondary N) is 2. The molecule has 2 N–H and O–H groups in total. The Balaban J connectivity index is 1.48. The van der Waals surface area contributed by atoms with Gasteiger partial charge in [0.1, 0.15) is 11.5 Å². The molecule has 3 heterocycles. The zero-order chi connectivity index (χ0) is 21.8. The van der Waals surface area contributed by atoms with E-state index in [1.54, 1.807) is 18.2 Å². The SMILES string of the molecule is CC(=O)NC1CCC(Nc2ncc(F)c(-c3cccc(N4CCCOC4=O)n3)n2)CC1. The van der Waals surface area contributed by atoms with Crippen LogP contribution >= 0.6 is 0 Å². The fourth-order valence-electron chi connectivity index (χ4n) is 3.93. The summed E-state index contributed by atoms with van der Waals surface area (Å²) in [5.74, 6) is 0.108. The van der Waals surface area contributed by atoms with Gasteiger partial charge in [0.25, 0.3) is 0 Å². The number of amides is 2. The van der Waals surface area contributed by atoms with E-state index in [1.807, 2.05) is 0 Å². The molecule has 164 valence electrons. The van der Waals surface area contributed by atoms with Crippen molar-refractivity contribution in [3.8, 4) is 11.4 Å². The van der Waals surface area contributed by atoms with Gasteiger partial charge in [0.2, 0.25) is 11.9 Å². The number of anilines is 2. The van der Waals surface area contributed by atoms with Gasteiger partial charge in [-0.3, -0.25) is 9.69 Å². The molecule has 2 aromatic heterocycles. The first-order chi connectivity index (χ1) is 15.0. The van der Waals surface area contributed by atoms with Crippen LogP contribution in [-0.2, 0) is 9.53 Å². The highest BCUT2D eigenvalue weighted by Crippen LogP contribution is 2.25. The van der Waals surface area contributed by atoms with E-state index in [-0.39, 0.29) is 23.7 Å². The molecule has 10 heteroatoms. The van der Waals surface area contributed by atoms with Gasteiger partial charge in [-0.1, -0.05) is 6.07 Å². The predicted molar refractivity (Wildman–Crippen MR) is 112 cm³/mol. The fourth-order valence-corrected chi connectivity index (χ4v) is 3.93. The van der Waals surface area contributed by atoms with Gasteiger partial charge in [-0.15, -0.1) is 0 Å². The lowest BCUT2D eigenvalue weighted by atomic mass is 9.91. The average molecular weight is 428 g/mol. The summed E-state index contributed by atoms with van der Waals surface area (Å²) in [7, 11) is 0. The number of hydrogen-bond acceptors (Lipinski definition) is 7. The molecule has 0 atom stereocenters. The Morgan fingerprint density at radius 1 is 1.19 bits per heavy atom. The van der Waals surface area contributed by atoms with Crippen LogP contribution in [0.25, 0.3) is 11.4 Å². The molecule has 1 aliphatic heterocycles. The topological polar surface area (TPSA) is 109 Å². The van der Waals surface area contributed by atoms with Crippen molar-refractivity contribution in [2.45, 2.75) is 51.1 Å². The minimum Gasteiger partial charge on any atom is -0.449 e. The molecule has 1 saturated heterocycles. The van der Waals surface area contributed by atoms with Gasteiger partial charge in [-0.05, 0) is 44.2 Å². The summed E-state index contributed by atoms with van der Waals surface area (Å²) >= 11 is 0. The summed E-state index contributed by atoms with van der Waals surface area (Å²) in [5, 5.41) is 6.21. The molecule has 1 saturated carbocycles. The van der Waals surface area contributed by atoms with Gasteiger partial charge in [0.05, 0.1) is 18.5 Å². The van der Waals surface area contributed by atoms with Crippen LogP contribution in [0.1, 0.15) is 39.0 Å². The van der Waals surface area contributed by atoms with Crippen LogP contribution in [-0.4, -0.2) is 52.2 Å². The third kappa shape index (κ3) is 5.07. The second-order valence-electron chi connectivity index (χ2n) is 7.78. The standard InChI is InChI=1S/C21H25FN6O3/c1-13(29)24-14-6-8-15(9-7-14)25-20-23-12-16(22)19(27-20)17-4-2-5-18(26-17)28-10-3-11-31-21(28)30/h2,4-5,12,14-15H,3,6-11H2,1H3,(H,24,29)(H,23,25,27). The zero-order valence-electron chi connectivity index (χ0n) is 17.3. The number of nitrogens with zero attached hydrogens (tertiary/aromatic N) is 4. The molecular weight excluding hydrogens is 403 g/mol. The number of aromatic nitrogens is 3. The number of pyridine rings is 1. The maximum atomic E-state index is 14.5. The van der Waals surface area contributed by atoms with Crippen LogP contribution in [0.3, 0.4) is 0 Å². The van der Waals surface area contributed by atoms with Crippen LogP contribution in [0.2, 0.25) is 0 Å². The summed E-state index contributed by atoms with van der Waals surface area (Å²) in [5.41, 5.74) is 0.379. The maximum Gasteiger partial charge on any atom is 0.415 e. The molecule has 0 bridgehead atoms. The number of hydrogen-bond donors (Lipinski definition) is 2. The van der Waals surface area contributed by atoms with Crippen molar-refractivity contribution in [3.63, 3.8) is 0 Å². The molecule has 1 aliphatic carbocycles. The molecule has 4 rings (SSSR count). The molecule has 0 radical (unpaired) electrons. The van der Waals surface area contributed by atoms with E-state index in [0.717, 1.165) is 31.9 Å². The second-order valence-corrected chi connectivity index (χ2v) is 7.78. The van der Waals surface area contributed by atoms with Crippen molar-refractivity contribution in [1.29, 1.82) is 0 Å². The number of halogens is 1. The maximum absolute atomic E-state index is 14.5. The van der Waals surface area contributed by atoms with Crippen LogP contribution in [0.5, 0.6) is 0 Å². The number of carbonyl (C=O) groups is 2. The molecule has 2 aliphatic rings. The smallest absolute Gasteiger partial charge is 0.415 e. The average Bonchev–Trinajstić information content (AvgIpc) is 2.76. The van der Waals surface area contributed by atoms with E-state index < -0.39 is 11.9 Å². The van der Waals surface area contributed by atoms with Crippen molar-refractivity contribution >= 4 is 23.8 Å². The lowest BCUT2D eigenvalue weighted by molar-refractivity contribution is -0.119. The third-order valence-electron chi connectivity index (χ3n) is 5.44. The molecule has 0 spiro atoms. The molecule has 2 fully saturated rings. The summed E-state index contributed by atoms with van der Waals surface area (Å²) in [6.45, 7) is 2.41. The van der Waals surface area contributed by atoms with Gasteiger partial charge in [-0.25, -0.2) is 24.1 Å². The summed E-state index contributed by atoms with van der Waals surface area (Å²) in [4.78, 5) is 37.5. The van der Waals surface area contributed by atoms with E-state index in [1.165, 1.54) is 11.8 Å². The summed E-state index contributed by atoms with van der Waals surface area (Å²) < 4.78 is 19.6. The Kier molecular flexibility index (Phi) is 6.24. The highest BCUT2D eigenvalue weighted by molar-refractivity contribution is 5.87. The Morgan fingerprint density at radius 3 is 2.71 bits per heavy atom. The lowest BCUT2D eigenvalue weighted by Gasteiger charge is -2.29. The lowest BCUT2D eigenvalue weighted by Crippen LogP contribution is -2.39. The van der Waals surface area contributed by atoms with E-state index in [0.29, 0.717) is 37.0 Å². The Hall–Kier alpha value is -3.30. The number of rotatable bonds is 5. The largest absolute Gasteiger partial charge is 0.449 e. The first kappa shape index (κ1) is 21.0. The minimum absolute atomic E-state index is 0.0181. The number of carbonyl (C=O) groups excluding carboxylic acids is 2. The summed E-state index contributed by atoms with van der Waals surface area (Å²) in [6.07, 6.45) is 4.80. The monoisotopic (exact) mass is 428 g/mol. The van der Waals surface area contributed by atoms with E-state index >= 15 is 0 Å². The first-order valence-electron chi connectivity index (χ1n) is 10.5. The van der Waals surface area contributed by atoms with Crippen LogP contribution < -0.4 is 15.5 Å². The number of ether oxygens (including phenoxy) is 1. The molecular formula is C21H25FN6O3. The van der Waals surface area contributed by atoms with Crippen LogP contribution in [0.15, 0.2) is 24.4 Å². The summed E-state index contributed by atoms with van der Waals surface area (Å²) in [6, 6.07) is 5.37. The Morgan fingerprint density at radius 2 is 1.97 bits per heavy atom. The van der Waals surface area contributed by atoms with Crippen molar-refractivity contribution in [1.82, 2.24) is 20.3 Å². The Bertz CT molecular complexity index is 964. The van der Waals surface area contributed by atoms with Crippen LogP contribution in [0.4, 0.5) is 21.0 Å². The van der Waals surface area contributed by atoms with E-state index in [2.05, 4.69) is 25.6 Å².